The van der Waals surface area contributed by atoms with Crippen molar-refractivity contribution < 1.29 is 4.43 Å². The molecule has 1 atom stereocenters. The van der Waals surface area contributed by atoms with Crippen molar-refractivity contribution >= 4 is 14.1 Å². The van der Waals surface area contributed by atoms with Crippen molar-refractivity contribution in [2.75, 3.05) is 38.5 Å². The van der Waals surface area contributed by atoms with Crippen molar-refractivity contribution in [2.24, 2.45) is 0 Å². The molecular weight excluding hydrogens is 328 g/mol. The van der Waals surface area contributed by atoms with Crippen LogP contribution in [0, 0.1) is 0 Å². The van der Waals surface area contributed by atoms with Gasteiger partial charge in [-0.25, -0.2) is 4.98 Å². The number of nitrogens with two attached hydrogens (primary N) is 1. The molecule has 0 saturated carbocycles. The zero-order chi connectivity index (χ0) is 18.7. The smallest absolute Gasteiger partial charge is 0.192 e. The number of nitrogen functional groups attached to an aromatic ring is 1. The molecule has 6 heteroatoms. The Morgan fingerprint density at radius 2 is 2.00 bits per heavy atom. The molecule has 2 heterocycles. The van der Waals surface area contributed by atoms with Crippen LogP contribution >= 0.6 is 0 Å². The molecule has 142 valence electrons. The molecule has 0 unspecified atom stereocenters. The first kappa shape index (κ1) is 20.4. The van der Waals surface area contributed by atoms with Crippen LogP contribution in [0.3, 0.4) is 0 Å². The van der Waals surface area contributed by atoms with Crippen molar-refractivity contribution in [3.63, 3.8) is 0 Å². The van der Waals surface area contributed by atoms with Crippen molar-refractivity contribution in [1.29, 1.82) is 0 Å². The minimum Gasteiger partial charge on any atom is -0.416 e. The fourth-order valence-corrected chi connectivity index (χ4v) is 3.95. The van der Waals surface area contributed by atoms with E-state index < -0.39 is 8.32 Å². The second-order valence-electron chi connectivity index (χ2n) is 8.82. The molecule has 0 aromatic carbocycles. The van der Waals surface area contributed by atoms with Crippen LogP contribution in [0.4, 0.5) is 5.82 Å². The van der Waals surface area contributed by atoms with Crippen molar-refractivity contribution in [3.8, 4) is 0 Å². The topological polar surface area (TPSA) is 54.6 Å². The number of aromatic nitrogens is 1. The Bertz CT molecular complexity index is 541. The number of rotatable bonds is 6. The van der Waals surface area contributed by atoms with E-state index in [0.717, 1.165) is 39.3 Å². The lowest BCUT2D eigenvalue weighted by molar-refractivity contribution is 0.0674. The third kappa shape index (κ3) is 5.77. The first-order valence-electron chi connectivity index (χ1n) is 9.39. The average molecular weight is 365 g/mol. The largest absolute Gasteiger partial charge is 0.416 e. The highest BCUT2D eigenvalue weighted by Crippen LogP contribution is 2.36. The van der Waals surface area contributed by atoms with Crippen LogP contribution < -0.4 is 5.73 Å². The molecular formula is C19H36N4OSi. The third-order valence-electron chi connectivity index (χ3n) is 5.76. The van der Waals surface area contributed by atoms with Crippen molar-refractivity contribution in [2.45, 2.75) is 58.4 Å². The van der Waals surface area contributed by atoms with E-state index in [1.807, 2.05) is 12.3 Å². The molecule has 1 aliphatic rings. The van der Waals surface area contributed by atoms with E-state index in [0.29, 0.717) is 11.9 Å². The number of hydrogen-bond acceptors (Lipinski definition) is 5. The predicted molar refractivity (Wildman–Crippen MR) is 108 cm³/mol. The van der Waals surface area contributed by atoms with Crippen LogP contribution in [0.1, 0.15) is 33.3 Å². The molecule has 1 saturated heterocycles. The molecule has 1 aliphatic heterocycles. The monoisotopic (exact) mass is 364 g/mol. The molecule has 0 bridgehead atoms. The molecule has 2 rings (SSSR count). The summed E-state index contributed by atoms with van der Waals surface area (Å²) in [6.45, 7) is 20.0. The van der Waals surface area contributed by atoms with Crippen molar-refractivity contribution in [1.82, 2.24) is 14.8 Å². The highest BCUT2D eigenvalue weighted by atomic mass is 28.4. The summed E-state index contributed by atoms with van der Waals surface area (Å²) in [5.74, 6) is 0.586. The minimum atomic E-state index is -1.63. The summed E-state index contributed by atoms with van der Waals surface area (Å²) in [5, 5.41) is 0.284. The minimum absolute atomic E-state index is 0.284. The maximum atomic E-state index is 6.33. The molecule has 2 N–H and O–H groups in total. The van der Waals surface area contributed by atoms with Gasteiger partial charge in [-0.15, -0.1) is 0 Å². The van der Waals surface area contributed by atoms with Crippen LogP contribution in [0.5, 0.6) is 0 Å². The standard InChI is InChI=1S/C19H36N4OSi/c1-16-14-22(11-12-24-25(5,6)19(2,3)4)9-10-23(16)15-17-7-8-18(20)21-13-17/h7-8,13,16H,9-12,14-15H2,1-6H3,(H2,20,21)/t16-/m1/s1. The Kier molecular flexibility index (Phi) is 6.65. The van der Waals surface area contributed by atoms with E-state index in [1.54, 1.807) is 0 Å². The number of pyridine rings is 1. The average Bonchev–Trinajstić information content (AvgIpc) is 2.51. The van der Waals surface area contributed by atoms with Gasteiger partial charge in [0.05, 0.1) is 0 Å². The molecule has 25 heavy (non-hydrogen) atoms. The third-order valence-corrected chi connectivity index (χ3v) is 10.3. The fourth-order valence-electron chi connectivity index (χ4n) is 2.92. The van der Waals surface area contributed by atoms with Gasteiger partial charge in [-0.05, 0) is 36.7 Å². The lowest BCUT2D eigenvalue weighted by Gasteiger charge is -2.41. The summed E-state index contributed by atoms with van der Waals surface area (Å²) in [5.41, 5.74) is 6.90. The van der Waals surface area contributed by atoms with Gasteiger partial charge in [0.1, 0.15) is 5.82 Å². The summed E-state index contributed by atoms with van der Waals surface area (Å²) >= 11 is 0. The van der Waals surface area contributed by atoms with Crippen LogP contribution in [0.15, 0.2) is 18.3 Å². The second kappa shape index (κ2) is 8.16. The summed E-state index contributed by atoms with van der Waals surface area (Å²) < 4.78 is 6.33. The summed E-state index contributed by atoms with van der Waals surface area (Å²) in [6.07, 6.45) is 1.89. The molecule has 5 nitrogen and oxygen atoms in total. The van der Waals surface area contributed by atoms with Gasteiger partial charge in [-0.2, -0.15) is 0 Å². The Hall–Kier alpha value is -0.953. The van der Waals surface area contributed by atoms with Gasteiger partial charge in [0.25, 0.3) is 0 Å². The molecule has 1 aromatic rings. The summed E-state index contributed by atoms with van der Waals surface area (Å²) in [4.78, 5) is 9.26. The van der Waals surface area contributed by atoms with E-state index in [4.69, 9.17) is 10.2 Å². The molecule has 0 spiro atoms. The van der Waals surface area contributed by atoms with Crippen LogP contribution in [-0.4, -0.2) is 61.9 Å². The Labute approximate surface area is 154 Å². The normalized spacial score (nSPS) is 20.8. The van der Waals surface area contributed by atoms with Gasteiger partial charge in [0.15, 0.2) is 8.32 Å². The zero-order valence-corrected chi connectivity index (χ0v) is 17.9. The number of anilines is 1. The van der Waals surface area contributed by atoms with Crippen LogP contribution in [0.2, 0.25) is 18.1 Å². The van der Waals surface area contributed by atoms with Gasteiger partial charge in [0, 0.05) is 51.6 Å². The summed E-state index contributed by atoms with van der Waals surface area (Å²) in [7, 11) is -1.63. The lowest BCUT2D eigenvalue weighted by Crippen LogP contribution is -2.52. The highest BCUT2D eigenvalue weighted by molar-refractivity contribution is 6.74. The highest BCUT2D eigenvalue weighted by Gasteiger charge is 2.37. The first-order valence-corrected chi connectivity index (χ1v) is 12.3. The molecule has 0 radical (unpaired) electrons. The SMILES string of the molecule is C[C@@H]1CN(CCO[Si](C)(C)C(C)(C)C)CCN1Cc1ccc(N)nc1. The fraction of sp³-hybridized carbons (Fsp3) is 0.737. The molecule has 1 fully saturated rings. The van der Waals surface area contributed by atoms with E-state index in [-0.39, 0.29) is 5.04 Å². The van der Waals surface area contributed by atoms with Crippen molar-refractivity contribution in [3.05, 3.63) is 23.9 Å². The van der Waals surface area contributed by atoms with Gasteiger partial charge in [-0.1, -0.05) is 26.8 Å². The number of hydrogen-bond donors (Lipinski definition) is 1. The quantitative estimate of drug-likeness (QED) is 0.786. The van der Waals surface area contributed by atoms with Crippen LogP contribution in [0.25, 0.3) is 0 Å². The maximum absolute atomic E-state index is 6.33. The van der Waals surface area contributed by atoms with Gasteiger partial charge in [0.2, 0.25) is 0 Å². The first-order chi connectivity index (χ1) is 11.6. The zero-order valence-electron chi connectivity index (χ0n) is 16.9. The lowest BCUT2D eigenvalue weighted by atomic mass is 10.1. The van der Waals surface area contributed by atoms with Gasteiger partial charge in [-0.3, -0.25) is 9.80 Å². The summed E-state index contributed by atoms with van der Waals surface area (Å²) in [6, 6.07) is 4.50. The van der Waals surface area contributed by atoms with E-state index in [2.05, 4.69) is 61.6 Å². The predicted octanol–water partition coefficient (Wildman–Crippen LogP) is 3.19. The Balaban J connectivity index is 1.76. The second-order valence-corrected chi connectivity index (χ2v) is 13.6. The van der Waals surface area contributed by atoms with E-state index >= 15 is 0 Å². The number of piperazine rings is 1. The molecule has 0 amide bonds. The van der Waals surface area contributed by atoms with E-state index in [1.165, 1.54) is 5.56 Å². The maximum Gasteiger partial charge on any atom is 0.192 e. The van der Waals surface area contributed by atoms with Gasteiger partial charge < -0.3 is 10.2 Å². The molecule has 0 aliphatic carbocycles. The number of nitrogens with zero attached hydrogens (tertiary/aromatic N) is 3. The van der Waals surface area contributed by atoms with Gasteiger partial charge >= 0.3 is 0 Å². The molecule has 1 aromatic heterocycles. The van der Waals surface area contributed by atoms with E-state index in [9.17, 15) is 0 Å². The Morgan fingerprint density at radius 1 is 1.28 bits per heavy atom. The Morgan fingerprint density at radius 3 is 2.56 bits per heavy atom. The van der Waals surface area contributed by atoms with Crippen LogP contribution in [-0.2, 0) is 11.0 Å².